The minimum atomic E-state index is -4.07. The number of fused-ring (bicyclic) bond motifs is 1. The third-order valence-electron chi connectivity index (χ3n) is 9.76. The topological polar surface area (TPSA) is 364 Å². The highest BCUT2D eigenvalue weighted by atomic mass is 32.2. The van der Waals surface area contributed by atoms with Gasteiger partial charge in [0.2, 0.25) is 39.6 Å². The third-order valence-corrected chi connectivity index (χ3v) is 11.3. The van der Waals surface area contributed by atoms with Crippen molar-refractivity contribution in [1.82, 2.24) is 51.2 Å². The molecule has 65 heavy (non-hydrogen) atoms. The fourth-order valence-electron chi connectivity index (χ4n) is 6.66. The standard InChI is InChI=1S/C40H51N11O13S/c1-22(52)46-30(16-34(53)54)39(60)49-28(14-23-18-41-20-43-23)37(58)47-27(36(57)48-29(15-24-19-42-21-44-24)38(59)50-31(40(61)62)17-35(55)56)10-4-5-13-45-65(63,64)33-12-7-8-25-26(33)9-6-11-32(25)51(2)3/h6-9,11-12,18-21,27-31,45H,4-5,10,13-17H2,1-3H3,(H,41,43)(H,42,44)(H,46,52)(H,47,58)(H,48,57)(H,49,60)(H,50,59)(H,53,54)(H,55,56)(H,61,62)/t27-,28-,29-,30-,31-/m0/s1. The summed E-state index contributed by atoms with van der Waals surface area (Å²) in [4.78, 5) is 117. The molecule has 24 nitrogen and oxygen atoms in total. The molecule has 0 aliphatic heterocycles. The summed E-state index contributed by atoms with van der Waals surface area (Å²) < 4.78 is 29.7. The Labute approximate surface area is 371 Å². The Kier molecular flexibility index (Phi) is 18.0. The number of aliphatic carboxylic acids is 3. The average Bonchev–Trinajstić information content (AvgIpc) is 3.96. The Hall–Kier alpha value is -7.41. The maximum absolute atomic E-state index is 14.2. The van der Waals surface area contributed by atoms with Gasteiger partial charge in [-0.3, -0.25) is 33.6 Å². The number of H-pyrrole nitrogens is 2. The van der Waals surface area contributed by atoms with Crippen LogP contribution in [-0.2, 0) is 61.2 Å². The first-order valence-electron chi connectivity index (χ1n) is 20.0. The van der Waals surface area contributed by atoms with Crippen LogP contribution < -0.4 is 36.2 Å². The van der Waals surface area contributed by atoms with Crippen LogP contribution >= 0.6 is 0 Å². The SMILES string of the molecule is CC(=O)N[C@@H](CC(=O)O)C(=O)N[C@@H](Cc1cnc[nH]1)C(=O)N[C@@H](CCCCNS(=O)(=O)c1cccc2c(N(C)C)cccc12)C(=O)N[C@@H](Cc1cnc[nH]1)C(=O)N[C@@H](CC(=O)O)C(=O)O. The second-order valence-electron chi connectivity index (χ2n) is 15.0. The zero-order valence-electron chi connectivity index (χ0n) is 35.5. The summed E-state index contributed by atoms with van der Waals surface area (Å²) in [7, 11) is -0.408. The molecule has 0 fully saturated rings. The van der Waals surface area contributed by atoms with Crippen LogP contribution in [0.4, 0.5) is 5.69 Å². The highest BCUT2D eigenvalue weighted by Crippen LogP contribution is 2.30. The quantitative estimate of drug-likeness (QED) is 0.0328. The molecule has 11 N–H and O–H groups in total. The smallest absolute Gasteiger partial charge is 0.326 e. The summed E-state index contributed by atoms with van der Waals surface area (Å²) in [5.41, 5.74) is 1.42. The van der Waals surface area contributed by atoms with Crippen molar-refractivity contribution in [3.63, 3.8) is 0 Å². The largest absolute Gasteiger partial charge is 0.481 e. The molecular weight excluding hydrogens is 875 g/mol. The van der Waals surface area contributed by atoms with Crippen LogP contribution in [0, 0.1) is 0 Å². The van der Waals surface area contributed by atoms with Gasteiger partial charge in [-0.25, -0.2) is 27.9 Å². The number of anilines is 1. The summed E-state index contributed by atoms with van der Waals surface area (Å²) in [6.07, 6.45) is 2.78. The number of imidazole rings is 2. The highest BCUT2D eigenvalue weighted by Gasteiger charge is 2.34. The van der Waals surface area contributed by atoms with Gasteiger partial charge in [-0.05, 0) is 31.4 Å². The Morgan fingerprint density at radius 1 is 0.646 bits per heavy atom. The number of amides is 5. The lowest BCUT2D eigenvalue weighted by atomic mass is 10.0. The highest BCUT2D eigenvalue weighted by molar-refractivity contribution is 7.89. The number of carboxylic acids is 3. The van der Waals surface area contributed by atoms with Gasteiger partial charge in [-0.1, -0.05) is 24.3 Å². The van der Waals surface area contributed by atoms with Crippen molar-refractivity contribution in [3.05, 3.63) is 72.8 Å². The fraction of sp³-hybridized carbons (Fsp3) is 0.400. The van der Waals surface area contributed by atoms with E-state index in [2.05, 4.69) is 51.2 Å². The second kappa shape index (κ2) is 23.3. The molecule has 25 heteroatoms. The molecule has 4 aromatic rings. The molecule has 2 aromatic carbocycles. The van der Waals surface area contributed by atoms with Crippen LogP contribution in [0.5, 0.6) is 0 Å². The van der Waals surface area contributed by atoms with E-state index in [1.807, 2.05) is 25.1 Å². The van der Waals surface area contributed by atoms with Gasteiger partial charge in [0.25, 0.3) is 0 Å². The molecule has 0 bridgehead atoms. The van der Waals surface area contributed by atoms with Crippen molar-refractivity contribution in [3.8, 4) is 0 Å². The first-order valence-corrected chi connectivity index (χ1v) is 21.5. The lowest BCUT2D eigenvalue weighted by Crippen LogP contribution is -2.59. The zero-order chi connectivity index (χ0) is 47.8. The van der Waals surface area contributed by atoms with E-state index in [-0.39, 0.29) is 43.5 Å². The number of hydrogen-bond donors (Lipinski definition) is 11. The molecule has 5 atom stereocenters. The van der Waals surface area contributed by atoms with Crippen LogP contribution in [0.1, 0.15) is 50.4 Å². The number of aromatic amines is 2. The van der Waals surface area contributed by atoms with E-state index >= 15 is 0 Å². The van der Waals surface area contributed by atoms with E-state index in [0.29, 0.717) is 22.2 Å². The van der Waals surface area contributed by atoms with Gasteiger partial charge in [0.1, 0.15) is 30.2 Å². The van der Waals surface area contributed by atoms with Gasteiger partial charge < -0.3 is 56.8 Å². The van der Waals surface area contributed by atoms with Crippen molar-refractivity contribution in [2.24, 2.45) is 0 Å². The number of sulfonamides is 1. The Balaban J connectivity index is 1.60. The maximum atomic E-state index is 14.2. The Bertz CT molecular complexity index is 2430. The first kappa shape index (κ1) is 50.2. The Morgan fingerprint density at radius 3 is 1.65 bits per heavy atom. The first-order chi connectivity index (χ1) is 30.7. The number of rotatable bonds is 26. The predicted octanol–water partition coefficient (Wildman–Crippen LogP) is -1.24. The average molecular weight is 926 g/mol. The number of nitrogens with one attached hydrogen (secondary N) is 8. The second-order valence-corrected chi connectivity index (χ2v) is 16.7. The van der Waals surface area contributed by atoms with Crippen LogP contribution in [0.2, 0.25) is 0 Å². The molecule has 350 valence electrons. The van der Waals surface area contributed by atoms with Gasteiger partial charge in [0.15, 0.2) is 0 Å². The summed E-state index contributed by atoms with van der Waals surface area (Å²) in [5, 5.41) is 41.1. The van der Waals surface area contributed by atoms with Gasteiger partial charge in [0, 0.05) is 80.6 Å². The number of benzene rings is 2. The van der Waals surface area contributed by atoms with Crippen molar-refractivity contribution in [2.75, 3.05) is 25.5 Å². The summed E-state index contributed by atoms with van der Waals surface area (Å²) in [5.74, 6) is -9.50. The minimum absolute atomic E-state index is 0.0350. The van der Waals surface area contributed by atoms with E-state index in [0.717, 1.165) is 12.6 Å². The van der Waals surface area contributed by atoms with E-state index in [9.17, 15) is 62.1 Å². The van der Waals surface area contributed by atoms with Crippen molar-refractivity contribution in [1.29, 1.82) is 0 Å². The molecule has 0 spiro atoms. The number of carboxylic acid groups (broad SMARTS) is 3. The number of unbranched alkanes of at least 4 members (excludes halogenated alkanes) is 1. The fourth-order valence-corrected chi connectivity index (χ4v) is 7.95. The molecule has 0 saturated heterocycles. The predicted molar refractivity (Wildman–Crippen MR) is 229 cm³/mol. The normalized spacial score (nSPS) is 13.6. The summed E-state index contributed by atoms with van der Waals surface area (Å²) in [6.45, 7) is 0.940. The molecular formula is C40H51N11O13S. The number of aromatic nitrogens is 4. The van der Waals surface area contributed by atoms with Crippen LogP contribution in [0.25, 0.3) is 10.8 Å². The van der Waals surface area contributed by atoms with Crippen LogP contribution in [-0.4, -0.2) is 142 Å². The number of hydrogen-bond acceptors (Lipinski definition) is 13. The molecule has 5 amide bonds. The van der Waals surface area contributed by atoms with Crippen molar-refractivity contribution < 1.29 is 62.1 Å². The monoisotopic (exact) mass is 925 g/mol. The van der Waals surface area contributed by atoms with Crippen LogP contribution in [0.15, 0.2) is 66.3 Å². The third kappa shape index (κ3) is 15.1. The van der Waals surface area contributed by atoms with Crippen molar-refractivity contribution in [2.45, 2.75) is 87.0 Å². The Morgan fingerprint density at radius 2 is 1.14 bits per heavy atom. The van der Waals surface area contributed by atoms with E-state index < -0.39 is 101 Å². The van der Waals surface area contributed by atoms with E-state index in [4.69, 9.17) is 0 Å². The molecule has 0 aliphatic carbocycles. The molecule has 0 radical (unpaired) electrons. The van der Waals surface area contributed by atoms with Gasteiger partial charge >= 0.3 is 17.9 Å². The molecule has 4 rings (SSSR count). The lowest BCUT2D eigenvalue weighted by Gasteiger charge is -2.26. The molecule has 2 heterocycles. The summed E-state index contributed by atoms with van der Waals surface area (Å²) >= 11 is 0. The molecule has 0 saturated carbocycles. The van der Waals surface area contributed by atoms with Gasteiger partial charge in [-0.2, -0.15) is 0 Å². The van der Waals surface area contributed by atoms with E-state index in [1.165, 1.54) is 31.1 Å². The minimum Gasteiger partial charge on any atom is -0.481 e. The number of carbonyl (C=O) groups excluding carboxylic acids is 5. The molecule has 0 unspecified atom stereocenters. The molecule has 2 aromatic heterocycles. The lowest BCUT2D eigenvalue weighted by molar-refractivity contribution is -0.147. The number of nitrogens with zero attached hydrogens (tertiary/aromatic N) is 3. The van der Waals surface area contributed by atoms with Crippen LogP contribution in [0.3, 0.4) is 0 Å². The van der Waals surface area contributed by atoms with Gasteiger partial charge in [0.05, 0.1) is 30.4 Å². The number of carbonyl (C=O) groups is 8. The summed E-state index contributed by atoms with van der Waals surface area (Å²) in [6, 6.07) is 2.04. The van der Waals surface area contributed by atoms with E-state index in [1.54, 1.807) is 24.3 Å². The molecule has 0 aliphatic rings. The zero-order valence-corrected chi connectivity index (χ0v) is 36.3. The van der Waals surface area contributed by atoms with Crippen molar-refractivity contribution >= 4 is 73.9 Å². The van der Waals surface area contributed by atoms with Gasteiger partial charge in [-0.15, -0.1) is 0 Å². The maximum Gasteiger partial charge on any atom is 0.326 e.